The van der Waals surface area contributed by atoms with Gasteiger partial charge in [-0.3, -0.25) is 10.3 Å². The van der Waals surface area contributed by atoms with Gasteiger partial charge in [-0.25, -0.2) is 9.78 Å². The zero-order valence-corrected chi connectivity index (χ0v) is 13.6. The average Bonchev–Trinajstić information content (AvgIpc) is 3.03. The molecule has 24 heavy (non-hydrogen) atoms. The normalized spacial score (nSPS) is 15.7. The highest BCUT2D eigenvalue weighted by Crippen LogP contribution is 2.42. The van der Waals surface area contributed by atoms with Crippen molar-refractivity contribution in [3.8, 4) is 11.4 Å². The van der Waals surface area contributed by atoms with Crippen LogP contribution in [-0.2, 0) is 10.3 Å². The lowest BCUT2D eigenvalue weighted by atomic mass is 9.86. The Morgan fingerprint density at radius 3 is 2.62 bits per heavy atom. The van der Waals surface area contributed by atoms with Crippen LogP contribution < -0.4 is 5.32 Å². The van der Waals surface area contributed by atoms with Crippen LogP contribution >= 0.6 is 0 Å². The second-order valence-electron chi connectivity index (χ2n) is 5.95. The first-order valence-electron chi connectivity index (χ1n) is 8.10. The van der Waals surface area contributed by atoms with E-state index in [1.54, 1.807) is 12.4 Å². The zero-order valence-electron chi connectivity index (χ0n) is 13.6. The maximum atomic E-state index is 12.0. The number of rotatable bonds is 3. The number of carbonyl (C=O) groups excluding carboxylic acids is 1. The molecule has 2 N–H and O–H groups in total. The average molecular weight is 322 g/mol. The second kappa shape index (κ2) is 5.33. The van der Waals surface area contributed by atoms with Crippen molar-refractivity contribution in [3.63, 3.8) is 0 Å². The number of amides is 1. The third-order valence-corrected chi connectivity index (χ3v) is 4.73. The van der Waals surface area contributed by atoms with Gasteiger partial charge in [-0.2, -0.15) is 0 Å². The van der Waals surface area contributed by atoms with Gasteiger partial charge in [0, 0.05) is 23.5 Å². The van der Waals surface area contributed by atoms with Gasteiger partial charge in [-0.15, -0.1) is 0 Å². The summed E-state index contributed by atoms with van der Waals surface area (Å²) in [7, 11) is 0. The van der Waals surface area contributed by atoms with Crippen molar-refractivity contribution >= 4 is 22.8 Å². The van der Waals surface area contributed by atoms with E-state index in [2.05, 4.69) is 20.3 Å². The molecule has 0 bridgehead atoms. The highest BCUT2D eigenvalue weighted by atomic mass is 16.6. The van der Waals surface area contributed by atoms with Crippen LogP contribution in [0.4, 0.5) is 10.5 Å². The summed E-state index contributed by atoms with van der Waals surface area (Å²) in [5.74, 6) is 0.778. The third-order valence-electron chi connectivity index (χ3n) is 4.73. The lowest BCUT2D eigenvalue weighted by Crippen LogP contribution is -2.38. The number of fused-ring (bicyclic) bond motifs is 2. The molecule has 6 nitrogen and oxygen atoms in total. The molecular weight excluding hydrogens is 304 g/mol. The summed E-state index contributed by atoms with van der Waals surface area (Å²) in [5.41, 5.74) is 3.88. The fraction of sp³-hybridized carbons (Fsp3) is 0.278. The predicted molar refractivity (Wildman–Crippen MR) is 91.7 cm³/mol. The number of aromatic nitrogens is 3. The molecule has 2 aromatic heterocycles. The predicted octanol–water partition coefficient (Wildman–Crippen LogP) is 4.20. The number of pyridine rings is 1. The van der Waals surface area contributed by atoms with Crippen molar-refractivity contribution in [1.29, 1.82) is 0 Å². The summed E-state index contributed by atoms with van der Waals surface area (Å²) in [6, 6.07) is 7.76. The van der Waals surface area contributed by atoms with Crippen LogP contribution in [-0.4, -0.2) is 21.0 Å². The second-order valence-corrected chi connectivity index (χ2v) is 5.95. The van der Waals surface area contributed by atoms with Crippen molar-refractivity contribution < 1.29 is 9.53 Å². The molecule has 3 heterocycles. The van der Waals surface area contributed by atoms with E-state index in [4.69, 9.17) is 4.74 Å². The molecule has 122 valence electrons. The van der Waals surface area contributed by atoms with E-state index < -0.39 is 11.7 Å². The minimum Gasteiger partial charge on any atom is -0.438 e. The smallest absolute Gasteiger partial charge is 0.412 e. The maximum Gasteiger partial charge on any atom is 0.412 e. The van der Waals surface area contributed by atoms with Crippen LogP contribution in [0.2, 0.25) is 0 Å². The van der Waals surface area contributed by atoms with Gasteiger partial charge >= 0.3 is 6.09 Å². The molecule has 0 radical (unpaired) electrons. The summed E-state index contributed by atoms with van der Waals surface area (Å²) in [5, 5.41) is 2.80. The number of aromatic amines is 1. The Kier molecular flexibility index (Phi) is 3.26. The summed E-state index contributed by atoms with van der Waals surface area (Å²) in [6.45, 7) is 4.07. The van der Waals surface area contributed by atoms with Gasteiger partial charge in [0.25, 0.3) is 0 Å². The zero-order chi connectivity index (χ0) is 16.7. The molecule has 0 aliphatic carbocycles. The molecule has 1 aliphatic heterocycles. The summed E-state index contributed by atoms with van der Waals surface area (Å²) in [4.78, 5) is 24.0. The van der Waals surface area contributed by atoms with Gasteiger partial charge in [0.2, 0.25) is 0 Å². The number of hydrogen-bond acceptors (Lipinski definition) is 4. The summed E-state index contributed by atoms with van der Waals surface area (Å²) in [6.07, 6.45) is 4.51. The standard InChI is InChI=1S/C18H18N4O2/c1-3-18(4-2)12-9-14-15(10-13(12)22-17(23)24-18)21-16(20-14)11-5-7-19-8-6-11/h5-10H,3-4H2,1-2H3,(H,20,21)(H,22,23). The van der Waals surface area contributed by atoms with Crippen molar-refractivity contribution in [2.75, 3.05) is 5.32 Å². The molecular formula is C18H18N4O2. The number of benzene rings is 1. The molecule has 0 saturated carbocycles. The number of nitrogens with zero attached hydrogens (tertiary/aromatic N) is 2. The van der Waals surface area contributed by atoms with E-state index in [1.807, 2.05) is 38.1 Å². The minimum atomic E-state index is -0.589. The molecule has 1 amide bonds. The lowest BCUT2D eigenvalue weighted by molar-refractivity contribution is 0.00483. The highest BCUT2D eigenvalue weighted by molar-refractivity contribution is 5.94. The van der Waals surface area contributed by atoms with Gasteiger partial charge in [0.1, 0.15) is 11.4 Å². The molecule has 0 spiro atoms. The Bertz CT molecular complexity index is 913. The van der Waals surface area contributed by atoms with Crippen LogP contribution in [0.15, 0.2) is 36.7 Å². The first kappa shape index (κ1) is 14.7. The molecule has 4 rings (SSSR count). The minimum absolute atomic E-state index is 0.407. The van der Waals surface area contributed by atoms with Gasteiger partial charge in [-0.1, -0.05) is 13.8 Å². The first-order chi connectivity index (χ1) is 11.6. The molecule has 0 fully saturated rings. The van der Waals surface area contributed by atoms with Crippen molar-refractivity contribution in [1.82, 2.24) is 15.0 Å². The van der Waals surface area contributed by atoms with E-state index >= 15 is 0 Å². The van der Waals surface area contributed by atoms with Crippen LogP contribution in [0.3, 0.4) is 0 Å². The van der Waals surface area contributed by atoms with Gasteiger partial charge in [0.05, 0.1) is 16.7 Å². The number of carbonyl (C=O) groups is 1. The Balaban J connectivity index is 1.90. The SMILES string of the molecule is CCC1(CC)OC(=O)Nc2cc3nc(-c4ccncc4)[nH]c3cc21. The van der Waals surface area contributed by atoms with E-state index in [-0.39, 0.29) is 0 Å². The molecule has 6 heteroatoms. The Morgan fingerprint density at radius 2 is 1.92 bits per heavy atom. The lowest BCUT2D eigenvalue weighted by Gasteiger charge is -2.37. The monoisotopic (exact) mass is 322 g/mol. The fourth-order valence-corrected chi connectivity index (χ4v) is 3.33. The largest absolute Gasteiger partial charge is 0.438 e. The first-order valence-corrected chi connectivity index (χ1v) is 8.10. The number of imidazole rings is 1. The van der Waals surface area contributed by atoms with Gasteiger partial charge in [-0.05, 0) is 37.1 Å². The van der Waals surface area contributed by atoms with E-state index in [0.717, 1.165) is 46.5 Å². The molecule has 0 unspecified atom stereocenters. The third kappa shape index (κ3) is 2.14. The fourth-order valence-electron chi connectivity index (χ4n) is 3.33. The Morgan fingerprint density at radius 1 is 1.17 bits per heavy atom. The van der Waals surface area contributed by atoms with Crippen LogP contribution in [0.5, 0.6) is 0 Å². The Labute approximate surface area is 139 Å². The summed E-state index contributed by atoms with van der Waals surface area (Å²) >= 11 is 0. The number of cyclic esters (lactones) is 1. The molecule has 3 aromatic rings. The van der Waals surface area contributed by atoms with Crippen molar-refractivity contribution in [3.05, 3.63) is 42.2 Å². The van der Waals surface area contributed by atoms with Crippen LogP contribution in [0.1, 0.15) is 32.3 Å². The highest BCUT2D eigenvalue weighted by Gasteiger charge is 2.39. The van der Waals surface area contributed by atoms with Gasteiger partial charge in [0.15, 0.2) is 0 Å². The maximum absolute atomic E-state index is 12.0. The number of ether oxygens (including phenoxy) is 1. The van der Waals surface area contributed by atoms with E-state index in [9.17, 15) is 4.79 Å². The van der Waals surface area contributed by atoms with E-state index in [1.165, 1.54) is 0 Å². The number of nitrogens with one attached hydrogen (secondary N) is 2. The quantitative estimate of drug-likeness (QED) is 0.757. The molecule has 1 aromatic carbocycles. The number of anilines is 1. The summed E-state index contributed by atoms with van der Waals surface area (Å²) < 4.78 is 5.65. The topological polar surface area (TPSA) is 79.9 Å². The number of hydrogen-bond donors (Lipinski definition) is 2. The molecule has 0 saturated heterocycles. The Hall–Kier alpha value is -2.89. The molecule has 1 aliphatic rings. The van der Waals surface area contributed by atoms with E-state index in [0.29, 0.717) is 0 Å². The van der Waals surface area contributed by atoms with Crippen molar-refractivity contribution in [2.45, 2.75) is 32.3 Å². The van der Waals surface area contributed by atoms with Crippen LogP contribution in [0.25, 0.3) is 22.4 Å². The number of H-pyrrole nitrogens is 1. The van der Waals surface area contributed by atoms with Crippen LogP contribution in [0, 0.1) is 0 Å². The van der Waals surface area contributed by atoms with Gasteiger partial charge < -0.3 is 9.72 Å². The molecule has 0 atom stereocenters. The van der Waals surface area contributed by atoms with Crippen molar-refractivity contribution in [2.24, 2.45) is 0 Å².